The summed E-state index contributed by atoms with van der Waals surface area (Å²) >= 11 is 0. The van der Waals surface area contributed by atoms with E-state index in [4.69, 9.17) is 5.73 Å². The highest BCUT2D eigenvalue weighted by Gasteiger charge is 2.14. The Kier molecular flexibility index (Phi) is 4.05. The van der Waals surface area contributed by atoms with Gasteiger partial charge in [0.1, 0.15) is 5.67 Å². The van der Waals surface area contributed by atoms with Crippen molar-refractivity contribution < 1.29 is 4.39 Å². The van der Waals surface area contributed by atoms with Crippen LogP contribution in [0.3, 0.4) is 0 Å². The first kappa shape index (κ1) is 13.4. The number of hydrogen-bond donors (Lipinski definition) is 1. The zero-order valence-corrected chi connectivity index (χ0v) is 10.6. The van der Waals surface area contributed by atoms with E-state index in [2.05, 4.69) is 11.7 Å². The average Bonchev–Trinajstić information content (AvgIpc) is 2.25. The Hall–Kier alpha value is -1.64. The predicted molar refractivity (Wildman–Crippen MR) is 72.4 cm³/mol. The number of nitrogens with two attached hydrogens (primary N) is 1. The Morgan fingerprint density at radius 3 is 2.71 bits per heavy atom. The largest absolute Gasteiger partial charge is 0.398 e. The SMILES string of the molecule is C=Nc1ccc(C)cc1/C(N)=C\CC(C)(C)F. The van der Waals surface area contributed by atoms with E-state index in [0.29, 0.717) is 5.70 Å². The first-order valence-electron chi connectivity index (χ1n) is 5.56. The van der Waals surface area contributed by atoms with Gasteiger partial charge in [-0.15, -0.1) is 0 Å². The summed E-state index contributed by atoms with van der Waals surface area (Å²) < 4.78 is 13.4. The van der Waals surface area contributed by atoms with E-state index in [-0.39, 0.29) is 6.42 Å². The summed E-state index contributed by atoms with van der Waals surface area (Å²) in [5, 5.41) is 0. The predicted octanol–water partition coefficient (Wildman–Crippen LogP) is 3.76. The third-order valence-electron chi connectivity index (χ3n) is 2.44. The lowest BCUT2D eigenvalue weighted by Gasteiger charge is -2.12. The minimum Gasteiger partial charge on any atom is -0.398 e. The Morgan fingerprint density at radius 2 is 2.18 bits per heavy atom. The summed E-state index contributed by atoms with van der Waals surface area (Å²) in [6.45, 7) is 8.54. The molecule has 92 valence electrons. The Bertz CT molecular complexity index is 442. The van der Waals surface area contributed by atoms with Crippen LogP contribution in [0.2, 0.25) is 0 Å². The number of alkyl halides is 1. The molecule has 0 amide bonds. The Balaban J connectivity index is 3.06. The number of rotatable bonds is 4. The molecule has 0 unspecified atom stereocenters. The van der Waals surface area contributed by atoms with Crippen LogP contribution in [0, 0.1) is 6.92 Å². The highest BCUT2D eigenvalue weighted by atomic mass is 19.1. The fraction of sp³-hybridized carbons (Fsp3) is 0.357. The zero-order chi connectivity index (χ0) is 13.1. The van der Waals surface area contributed by atoms with Gasteiger partial charge in [-0.1, -0.05) is 17.7 Å². The molecule has 3 heteroatoms. The fourth-order valence-corrected chi connectivity index (χ4v) is 1.48. The lowest BCUT2D eigenvalue weighted by atomic mass is 10.0. The molecule has 0 saturated carbocycles. The van der Waals surface area contributed by atoms with Crippen molar-refractivity contribution in [1.82, 2.24) is 0 Å². The molecule has 0 aliphatic rings. The van der Waals surface area contributed by atoms with Gasteiger partial charge < -0.3 is 5.73 Å². The van der Waals surface area contributed by atoms with Gasteiger partial charge >= 0.3 is 0 Å². The normalized spacial score (nSPS) is 12.6. The van der Waals surface area contributed by atoms with Gasteiger partial charge in [0.15, 0.2) is 0 Å². The van der Waals surface area contributed by atoms with Crippen molar-refractivity contribution in [3.8, 4) is 0 Å². The smallest absolute Gasteiger partial charge is 0.109 e. The Morgan fingerprint density at radius 1 is 1.53 bits per heavy atom. The van der Waals surface area contributed by atoms with Crippen molar-refractivity contribution in [2.24, 2.45) is 10.7 Å². The third kappa shape index (κ3) is 4.02. The van der Waals surface area contributed by atoms with Crippen molar-refractivity contribution in [1.29, 1.82) is 0 Å². The van der Waals surface area contributed by atoms with E-state index in [1.54, 1.807) is 6.08 Å². The molecule has 0 spiro atoms. The lowest BCUT2D eigenvalue weighted by Crippen LogP contribution is -2.10. The van der Waals surface area contributed by atoms with Crippen molar-refractivity contribution in [3.05, 3.63) is 35.4 Å². The molecule has 0 bridgehead atoms. The molecular weight excluding hydrogens is 215 g/mol. The molecule has 17 heavy (non-hydrogen) atoms. The van der Waals surface area contributed by atoms with E-state index in [1.807, 2.05) is 25.1 Å². The van der Waals surface area contributed by atoms with Gasteiger partial charge in [0.25, 0.3) is 0 Å². The fourth-order valence-electron chi connectivity index (χ4n) is 1.48. The van der Waals surface area contributed by atoms with Crippen LogP contribution in [0.15, 0.2) is 29.3 Å². The number of halogens is 1. The topological polar surface area (TPSA) is 38.4 Å². The summed E-state index contributed by atoms with van der Waals surface area (Å²) in [5.74, 6) is 0. The minimum atomic E-state index is -1.25. The molecular formula is C14H19FN2. The number of allylic oxidation sites excluding steroid dienone is 1. The zero-order valence-electron chi connectivity index (χ0n) is 10.6. The molecule has 0 aromatic heterocycles. The maximum Gasteiger partial charge on any atom is 0.109 e. The molecule has 1 rings (SSSR count). The summed E-state index contributed by atoms with van der Waals surface area (Å²) in [6, 6.07) is 5.74. The highest BCUT2D eigenvalue weighted by Crippen LogP contribution is 2.26. The van der Waals surface area contributed by atoms with Gasteiger partial charge in [-0.05, 0) is 39.6 Å². The van der Waals surface area contributed by atoms with Crippen LogP contribution in [0.4, 0.5) is 10.1 Å². The van der Waals surface area contributed by atoms with Crippen LogP contribution < -0.4 is 5.73 Å². The van der Waals surface area contributed by atoms with Crippen LogP contribution >= 0.6 is 0 Å². The standard InChI is InChI=1S/C14H19FN2/c1-10-5-6-13(17-4)11(9-10)12(16)7-8-14(2,3)15/h5-7,9H,4,8,16H2,1-3H3/b12-7+. The molecule has 2 N–H and O–H groups in total. The van der Waals surface area contributed by atoms with Gasteiger partial charge in [0.2, 0.25) is 0 Å². The second-order valence-corrected chi connectivity index (χ2v) is 4.76. The second kappa shape index (κ2) is 5.13. The van der Waals surface area contributed by atoms with E-state index < -0.39 is 5.67 Å². The van der Waals surface area contributed by atoms with Gasteiger partial charge in [0, 0.05) is 17.7 Å². The summed E-state index contributed by atoms with van der Waals surface area (Å²) in [5.41, 5.74) is 7.86. The minimum absolute atomic E-state index is 0.281. The average molecular weight is 234 g/mol. The second-order valence-electron chi connectivity index (χ2n) is 4.76. The molecule has 1 aromatic rings. The van der Waals surface area contributed by atoms with Gasteiger partial charge in [-0.2, -0.15) is 0 Å². The lowest BCUT2D eigenvalue weighted by molar-refractivity contribution is 0.221. The van der Waals surface area contributed by atoms with E-state index in [0.717, 1.165) is 16.8 Å². The first-order valence-corrected chi connectivity index (χ1v) is 5.56. The van der Waals surface area contributed by atoms with Crippen LogP contribution in [-0.2, 0) is 0 Å². The number of hydrogen-bond acceptors (Lipinski definition) is 2. The number of nitrogens with zero attached hydrogens (tertiary/aromatic N) is 1. The van der Waals surface area contributed by atoms with E-state index >= 15 is 0 Å². The molecule has 0 radical (unpaired) electrons. The van der Waals surface area contributed by atoms with Gasteiger partial charge in [0.05, 0.1) is 5.69 Å². The number of aryl methyl sites for hydroxylation is 1. The van der Waals surface area contributed by atoms with Crippen molar-refractivity contribution in [2.45, 2.75) is 32.9 Å². The molecule has 0 atom stereocenters. The maximum atomic E-state index is 13.4. The van der Waals surface area contributed by atoms with Crippen molar-refractivity contribution in [2.75, 3.05) is 0 Å². The van der Waals surface area contributed by atoms with Crippen LogP contribution in [0.25, 0.3) is 5.70 Å². The quantitative estimate of drug-likeness (QED) is 0.791. The van der Waals surface area contributed by atoms with Crippen LogP contribution in [0.1, 0.15) is 31.4 Å². The number of benzene rings is 1. The highest BCUT2D eigenvalue weighted by molar-refractivity contribution is 5.74. The van der Waals surface area contributed by atoms with Crippen molar-refractivity contribution >= 4 is 18.1 Å². The van der Waals surface area contributed by atoms with E-state index in [1.165, 1.54) is 13.8 Å². The maximum absolute atomic E-state index is 13.4. The molecule has 0 heterocycles. The molecule has 0 aliphatic carbocycles. The molecule has 0 aliphatic heterocycles. The summed E-state index contributed by atoms with van der Waals surface area (Å²) in [6.07, 6.45) is 1.98. The van der Waals surface area contributed by atoms with Gasteiger partial charge in [-0.3, -0.25) is 4.99 Å². The number of aliphatic imine (C=N–C) groups is 1. The molecule has 0 saturated heterocycles. The van der Waals surface area contributed by atoms with E-state index in [9.17, 15) is 4.39 Å². The monoisotopic (exact) mass is 234 g/mol. The first-order chi connectivity index (χ1) is 7.83. The Labute approximate surface area is 102 Å². The summed E-state index contributed by atoms with van der Waals surface area (Å²) in [4.78, 5) is 3.91. The summed E-state index contributed by atoms with van der Waals surface area (Å²) in [7, 11) is 0. The van der Waals surface area contributed by atoms with Crippen LogP contribution in [-0.4, -0.2) is 12.4 Å². The van der Waals surface area contributed by atoms with Gasteiger partial charge in [-0.25, -0.2) is 4.39 Å². The van der Waals surface area contributed by atoms with Crippen molar-refractivity contribution in [3.63, 3.8) is 0 Å². The van der Waals surface area contributed by atoms with Crippen LogP contribution in [0.5, 0.6) is 0 Å². The molecule has 1 aromatic carbocycles. The third-order valence-corrected chi connectivity index (χ3v) is 2.44. The molecule has 0 fully saturated rings. The molecule has 2 nitrogen and oxygen atoms in total.